The van der Waals surface area contributed by atoms with Gasteiger partial charge in [-0.1, -0.05) is 41.9 Å². The average Bonchev–Trinajstić information content (AvgIpc) is 2.49. The van der Waals surface area contributed by atoms with Crippen molar-refractivity contribution in [1.82, 2.24) is 0 Å². The molecule has 0 aromatic heterocycles. The first-order valence-electron chi connectivity index (χ1n) is 6.20. The minimum atomic E-state index is -0.959. The summed E-state index contributed by atoms with van der Waals surface area (Å²) in [4.78, 5) is 10.7. The number of benzene rings is 2. The molecule has 0 aliphatic heterocycles. The molecule has 0 spiro atoms. The SMILES string of the molecule is O=C(O)c1ccc(N/N=C/C(Cl)=Cc2ccccc2)cc1. The van der Waals surface area contributed by atoms with Crippen molar-refractivity contribution in [2.24, 2.45) is 5.10 Å². The highest BCUT2D eigenvalue weighted by Crippen LogP contribution is 2.11. The highest BCUT2D eigenvalue weighted by atomic mass is 35.5. The van der Waals surface area contributed by atoms with E-state index in [9.17, 15) is 4.79 Å². The lowest BCUT2D eigenvalue weighted by molar-refractivity contribution is 0.0697. The van der Waals surface area contributed by atoms with Crippen LogP contribution in [0.4, 0.5) is 5.69 Å². The zero-order valence-corrected chi connectivity index (χ0v) is 11.8. The number of rotatable bonds is 5. The summed E-state index contributed by atoms with van der Waals surface area (Å²) in [7, 11) is 0. The van der Waals surface area contributed by atoms with E-state index < -0.39 is 5.97 Å². The summed E-state index contributed by atoms with van der Waals surface area (Å²) in [6.45, 7) is 0. The first-order chi connectivity index (χ1) is 10.1. The van der Waals surface area contributed by atoms with Gasteiger partial charge in [-0.25, -0.2) is 4.79 Å². The van der Waals surface area contributed by atoms with Crippen molar-refractivity contribution in [1.29, 1.82) is 0 Å². The van der Waals surface area contributed by atoms with Gasteiger partial charge in [0.2, 0.25) is 0 Å². The number of carboxylic acids is 1. The largest absolute Gasteiger partial charge is 0.478 e. The van der Waals surface area contributed by atoms with Gasteiger partial charge in [0.1, 0.15) is 0 Å². The Balaban J connectivity index is 1.95. The molecule has 0 unspecified atom stereocenters. The quantitative estimate of drug-likeness (QED) is 0.646. The molecule has 0 amide bonds. The number of hydrogen-bond acceptors (Lipinski definition) is 3. The topological polar surface area (TPSA) is 61.7 Å². The molecule has 21 heavy (non-hydrogen) atoms. The Kier molecular flexibility index (Phi) is 5.12. The van der Waals surface area contributed by atoms with Crippen LogP contribution in [0.15, 0.2) is 64.7 Å². The van der Waals surface area contributed by atoms with Gasteiger partial charge in [-0.05, 0) is 35.9 Å². The van der Waals surface area contributed by atoms with E-state index in [-0.39, 0.29) is 5.56 Å². The van der Waals surface area contributed by atoms with Crippen LogP contribution in [-0.4, -0.2) is 17.3 Å². The van der Waals surface area contributed by atoms with E-state index >= 15 is 0 Å². The van der Waals surface area contributed by atoms with Crippen LogP contribution >= 0.6 is 11.6 Å². The van der Waals surface area contributed by atoms with E-state index in [1.165, 1.54) is 18.3 Å². The van der Waals surface area contributed by atoms with Crippen LogP contribution in [0.5, 0.6) is 0 Å². The van der Waals surface area contributed by atoms with Crippen molar-refractivity contribution in [3.63, 3.8) is 0 Å². The number of aromatic carboxylic acids is 1. The van der Waals surface area contributed by atoms with E-state index in [0.29, 0.717) is 10.7 Å². The molecule has 2 N–H and O–H groups in total. The number of anilines is 1. The molecule has 2 aromatic carbocycles. The second-order valence-corrected chi connectivity index (χ2v) is 4.63. The van der Waals surface area contributed by atoms with Gasteiger partial charge in [0.25, 0.3) is 0 Å². The number of nitrogens with zero attached hydrogens (tertiary/aromatic N) is 1. The highest BCUT2D eigenvalue weighted by Gasteiger charge is 2.00. The van der Waals surface area contributed by atoms with Crippen molar-refractivity contribution in [2.75, 3.05) is 5.43 Å². The van der Waals surface area contributed by atoms with Gasteiger partial charge in [0.15, 0.2) is 0 Å². The molecule has 0 atom stereocenters. The van der Waals surface area contributed by atoms with E-state index in [2.05, 4.69) is 10.5 Å². The molecule has 0 fully saturated rings. The van der Waals surface area contributed by atoms with Gasteiger partial charge in [0, 0.05) is 0 Å². The van der Waals surface area contributed by atoms with Gasteiger partial charge in [-0.15, -0.1) is 0 Å². The van der Waals surface area contributed by atoms with Crippen molar-refractivity contribution in [3.05, 3.63) is 70.8 Å². The zero-order chi connectivity index (χ0) is 15.1. The predicted octanol–water partition coefficient (Wildman–Crippen LogP) is 4.06. The summed E-state index contributed by atoms with van der Waals surface area (Å²) in [6, 6.07) is 15.9. The van der Waals surface area contributed by atoms with Crippen molar-refractivity contribution >= 4 is 35.5 Å². The lowest BCUT2D eigenvalue weighted by atomic mass is 10.2. The predicted molar refractivity (Wildman–Crippen MR) is 85.8 cm³/mol. The van der Waals surface area contributed by atoms with Crippen LogP contribution in [-0.2, 0) is 0 Å². The Morgan fingerprint density at radius 3 is 2.38 bits per heavy atom. The minimum Gasteiger partial charge on any atom is -0.478 e. The third-order valence-corrected chi connectivity index (χ3v) is 2.82. The molecule has 0 radical (unpaired) electrons. The van der Waals surface area contributed by atoms with E-state index in [4.69, 9.17) is 16.7 Å². The first-order valence-corrected chi connectivity index (χ1v) is 6.57. The number of carboxylic acid groups (broad SMARTS) is 1. The van der Waals surface area contributed by atoms with Gasteiger partial charge in [-0.2, -0.15) is 5.10 Å². The van der Waals surface area contributed by atoms with Gasteiger partial charge < -0.3 is 5.11 Å². The van der Waals surface area contributed by atoms with Crippen LogP contribution in [0.1, 0.15) is 15.9 Å². The summed E-state index contributed by atoms with van der Waals surface area (Å²) in [5, 5.41) is 13.3. The number of nitrogens with one attached hydrogen (secondary N) is 1. The molecule has 0 saturated heterocycles. The Labute approximate surface area is 127 Å². The maximum Gasteiger partial charge on any atom is 0.335 e. The van der Waals surface area contributed by atoms with Gasteiger partial charge in [0.05, 0.1) is 22.5 Å². The number of carbonyl (C=O) groups is 1. The summed E-state index contributed by atoms with van der Waals surface area (Å²) >= 11 is 6.04. The molecule has 0 aliphatic rings. The molecule has 0 bridgehead atoms. The molecule has 106 valence electrons. The second-order valence-electron chi connectivity index (χ2n) is 4.19. The average molecular weight is 301 g/mol. The van der Waals surface area contributed by atoms with Crippen molar-refractivity contribution < 1.29 is 9.90 Å². The molecule has 2 rings (SSSR count). The molecule has 0 heterocycles. The summed E-state index contributed by atoms with van der Waals surface area (Å²) in [5.74, 6) is -0.959. The van der Waals surface area contributed by atoms with Gasteiger partial charge >= 0.3 is 5.97 Å². The lowest BCUT2D eigenvalue weighted by Crippen LogP contribution is -1.96. The fraction of sp³-hybridized carbons (Fsp3) is 0. The molecule has 0 aliphatic carbocycles. The monoisotopic (exact) mass is 300 g/mol. The van der Waals surface area contributed by atoms with Gasteiger partial charge in [-0.3, -0.25) is 5.43 Å². The zero-order valence-electron chi connectivity index (χ0n) is 11.0. The minimum absolute atomic E-state index is 0.228. The third kappa shape index (κ3) is 4.78. The maximum atomic E-state index is 10.7. The molecule has 4 nitrogen and oxygen atoms in total. The van der Waals surface area contributed by atoms with Crippen molar-refractivity contribution in [3.8, 4) is 0 Å². The standard InChI is InChI=1S/C16H13ClN2O2/c17-14(10-12-4-2-1-3-5-12)11-18-19-15-8-6-13(7-9-15)16(20)21/h1-11,19H,(H,20,21)/b14-10?,18-11+. The highest BCUT2D eigenvalue weighted by molar-refractivity contribution is 6.41. The van der Waals surface area contributed by atoms with E-state index in [1.54, 1.807) is 18.2 Å². The first kappa shape index (κ1) is 14.8. The fourth-order valence-corrected chi connectivity index (χ4v) is 1.78. The number of allylic oxidation sites excluding steroid dienone is 1. The van der Waals surface area contributed by atoms with E-state index in [0.717, 1.165) is 5.56 Å². The fourth-order valence-electron chi connectivity index (χ4n) is 1.60. The Bertz CT molecular complexity index is 664. The van der Waals surface area contributed by atoms with Crippen LogP contribution in [0.25, 0.3) is 6.08 Å². The van der Waals surface area contributed by atoms with Crippen LogP contribution in [0, 0.1) is 0 Å². The maximum absolute atomic E-state index is 10.7. The van der Waals surface area contributed by atoms with Crippen LogP contribution in [0.3, 0.4) is 0 Å². The smallest absolute Gasteiger partial charge is 0.335 e. The Morgan fingerprint density at radius 1 is 1.10 bits per heavy atom. The molecular formula is C16H13ClN2O2. The van der Waals surface area contributed by atoms with Crippen LogP contribution in [0.2, 0.25) is 0 Å². The molecule has 0 saturated carbocycles. The number of halogens is 1. The lowest BCUT2D eigenvalue weighted by Gasteiger charge is -2.00. The molecule has 5 heteroatoms. The van der Waals surface area contributed by atoms with E-state index in [1.807, 2.05) is 30.3 Å². The Morgan fingerprint density at radius 2 is 1.76 bits per heavy atom. The summed E-state index contributed by atoms with van der Waals surface area (Å²) in [6.07, 6.45) is 3.28. The Hall–Kier alpha value is -2.59. The second kappa shape index (κ2) is 7.26. The summed E-state index contributed by atoms with van der Waals surface area (Å²) in [5.41, 5.74) is 4.67. The number of hydrogen-bond donors (Lipinski definition) is 2. The van der Waals surface area contributed by atoms with Crippen LogP contribution < -0.4 is 5.43 Å². The van der Waals surface area contributed by atoms with Crippen molar-refractivity contribution in [2.45, 2.75) is 0 Å². The molecule has 2 aromatic rings. The third-order valence-electron chi connectivity index (χ3n) is 2.62. The number of hydrazone groups is 1. The molecular weight excluding hydrogens is 288 g/mol. The normalized spacial score (nSPS) is 11.6. The summed E-state index contributed by atoms with van der Waals surface area (Å²) < 4.78 is 0.